The van der Waals surface area contributed by atoms with Crippen molar-refractivity contribution in [3.05, 3.63) is 59.7 Å². The summed E-state index contributed by atoms with van der Waals surface area (Å²) in [6, 6.07) is 13.9. The summed E-state index contributed by atoms with van der Waals surface area (Å²) in [5, 5.41) is 7.49. The van der Waals surface area contributed by atoms with E-state index >= 15 is 0 Å². The Morgan fingerprint density at radius 2 is 1.77 bits per heavy atom. The molecule has 2 aromatic rings. The number of hydrogen-bond acceptors (Lipinski definition) is 5. The first-order valence-electron chi connectivity index (χ1n) is 8.04. The van der Waals surface area contributed by atoms with Crippen LogP contribution in [0, 0.1) is 19.8 Å². The van der Waals surface area contributed by atoms with Gasteiger partial charge in [-0.15, -0.1) is 0 Å². The number of nitrogens with one attached hydrogen (secondary N) is 1. The van der Waals surface area contributed by atoms with Crippen molar-refractivity contribution in [2.75, 3.05) is 10.3 Å². The minimum Gasteiger partial charge on any atom is -0.385 e. The van der Waals surface area contributed by atoms with Crippen LogP contribution in [0.1, 0.15) is 11.1 Å². The number of hydrogen-bond donors (Lipinski definition) is 2. The Morgan fingerprint density at radius 1 is 1.08 bits per heavy atom. The van der Waals surface area contributed by atoms with Crippen molar-refractivity contribution in [3.63, 3.8) is 0 Å². The van der Waals surface area contributed by atoms with Crippen LogP contribution in [0.4, 0.5) is 11.4 Å². The molecule has 0 spiro atoms. The highest BCUT2D eigenvalue weighted by molar-refractivity contribution is 6.50. The largest absolute Gasteiger partial charge is 0.385 e. The molecule has 0 saturated heterocycles. The predicted octanol–water partition coefficient (Wildman–Crippen LogP) is 1.75. The van der Waals surface area contributed by atoms with Crippen LogP contribution in [-0.2, 0) is 14.4 Å². The summed E-state index contributed by atoms with van der Waals surface area (Å²) in [6.07, 6.45) is 0. The molecule has 0 radical (unpaired) electrons. The van der Waals surface area contributed by atoms with E-state index in [2.05, 4.69) is 10.4 Å². The SMILES string of the molecule is Cc1ccc(NC(=O)C(=O)[C@@H]2C(=O)N(c3ccccc3)N=C2N)cc1C. The highest BCUT2D eigenvalue weighted by Gasteiger charge is 2.43. The van der Waals surface area contributed by atoms with Gasteiger partial charge in [0.2, 0.25) is 5.78 Å². The quantitative estimate of drug-likeness (QED) is 0.647. The smallest absolute Gasteiger partial charge is 0.293 e. The molecule has 0 aromatic heterocycles. The van der Waals surface area contributed by atoms with E-state index in [0.29, 0.717) is 11.4 Å². The van der Waals surface area contributed by atoms with Gasteiger partial charge in [-0.1, -0.05) is 24.3 Å². The molecule has 26 heavy (non-hydrogen) atoms. The fourth-order valence-corrected chi connectivity index (χ4v) is 2.61. The van der Waals surface area contributed by atoms with Gasteiger partial charge in [-0.25, -0.2) is 0 Å². The number of Topliss-reactive ketones (excluding diaryl/α,β-unsaturated/α-hetero) is 1. The molecule has 0 saturated carbocycles. The normalized spacial score (nSPS) is 16.4. The fraction of sp³-hybridized carbons (Fsp3) is 0.158. The molecule has 7 heteroatoms. The van der Waals surface area contributed by atoms with Crippen molar-refractivity contribution < 1.29 is 14.4 Å². The molecule has 3 N–H and O–H groups in total. The van der Waals surface area contributed by atoms with E-state index in [-0.39, 0.29) is 5.84 Å². The zero-order valence-corrected chi connectivity index (χ0v) is 14.4. The average Bonchev–Trinajstić information content (AvgIpc) is 2.92. The van der Waals surface area contributed by atoms with E-state index < -0.39 is 23.5 Å². The summed E-state index contributed by atoms with van der Waals surface area (Å²) in [5.74, 6) is -4.10. The molecule has 1 aliphatic heterocycles. The van der Waals surface area contributed by atoms with Crippen LogP contribution in [0.25, 0.3) is 0 Å². The summed E-state index contributed by atoms with van der Waals surface area (Å²) in [7, 11) is 0. The lowest BCUT2D eigenvalue weighted by Crippen LogP contribution is -2.41. The van der Waals surface area contributed by atoms with Gasteiger partial charge in [0.25, 0.3) is 11.8 Å². The highest BCUT2D eigenvalue weighted by atomic mass is 16.2. The topological polar surface area (TPSA) is 105 Å². The van der Waals surface area contributed by atoms with Gasteiger partial charge in [-0.05, 0) is 49.2 Å². The first-order valence-corrected chi connectivity index (χ1v) is 8.04. The molecule has 1 atom stereocenters. The first kappa shape index (κ1) is 17.3. The molecule has 1 heterocycles. The van der Waals surface area contributed by atoms with Gasteiger partial charge in [0.05, 0.1) is 5.69 Å². The maximum atomic E-state index is 12.5. The Kier molecular flexibility index (Phi) is 4.53. The number of benzene rings is 2. The monoisotopic (exact) mass is 350 g/mol. The second-order valence-corrected chi connectivity index (χ2v) is 6.06. The van der Waals surface area contributed by atoms with Crippen LogP contribution in [0.5, 0.6) is 0 Å². The van der Waals surface area contributed by atoms with Crippen LogP contribution in [0.3, 0.4) is 0 Å². The molecular formula is C19H18N4O3. The average molecular weight is 350 g/mol. The lowest BCUT2D eigenvalue weighted by atomic mass is 10.0. The second kappa shape index (κ2) is 6.79. The summed E-state index contributed by atoms with van der Waals surface area (Å²) in [6.45, 7) is 3.84. The van der Waals surface area contributed by atoms with E-state index in [1.807, 2.05) is 19.9 Å². The number of nitrogens with zero attached hydrogens (tertiary/aromatic N) is 2. The Balaban J connectivity index is 1.77. The Bertz CT molecular complexity index is 922. The third kappa shape index (κ3) is 3.19. The van der Waals surface area contributed by atoms with E-state index in [1.165, 1.54) is 0 Å². The van der Waals surface area contributed by atoms with E-state index in [4.69, 9.17) is 5.73 Å². The molecule has 0 unspecified atom stereocenters. The zero-order chi connectivity index (χ0) is 18.8. The predicted molar refractivity (Wildman–Crippen MR) is 98.6 cm³/mol. The number of para-hydroxylation sites is 1. The number of rotatable bonds is 4. The molecule has 1 aliphatic rings. The number of carbonyl (C=O) groups excluding carboxylic acids is 3. The zero-order valence-electron chi connectivity index (χ0n) is 14.4. The Hall–Kier alpha value is -3.48. The fourth-order valence-electron chi connectivity index (χ4n) is 2.61. The van der Waals surface area contributed by atoms with Gasteiger partial charge in [0, 0.05) is 5.69 Å². The number of amides is 2. The van der Waals surface area contributed by atoms with Crippen molar-refractivity contribution in [2.24, 2.45) is 16.8 Å². The number of nitrogens with two attached hydrogens (primary N) is 1. The first-order chi connectivity index (χ1) is 12.4. The molecule has 0 aliphatic carbocycles. The van der Waals surface area contributed by atoms with Gasteiger partial charge < -0.3 is 11.1 Å². The standard InChI is InChI=1S/C19H18N4O3/c1-11-8-9-13(10-12(11)2)21-18(25)16(24)15-17(20)22-23(19(15)26)14-6-4-3-5-7-14/h3-10,15H,1-2H3,(H2,20,22)(H,21,25)/t15-/m0/s1. The van der Waals surface area contributed by atoms with Crippen molar-refractivity contribution in [3.8, 4) is 0 Å². The number of amidine groups is 1. The van der Waals surface area contributed by atoms with Gasteiger partial charge in [0.15, 0.2) is 5.92 Å². The number of anilines is 2. The van der Waals surface area contributed by atoms with Crippen molar-refractivity contribution in [1.29, 1.82) is 0 Å². The number of ketones is 1. The minimum atomic E-state index is -1.42. The van der Waals surface area contributed by atoms with Crippen LogP contribution < -0.4 is 16.1 Å². The highest BCUT2D eigenvalue weighted by Crippen LogP contribution is 2.23. The van der Waals surface area contributed by atoms with Gasteiger partial charge >= 0.3 is 0 Å². The van der Waals surface area contributed by atoms with Crippen molar-refractivity contribution in [1.82, 2.24) is 0 Å². The third-order valence-electron chi connectivity index (χ3n) is 4.22. The van der Waals surface area contributed by atoms with Gasteiger partial charge in [-0.3, -0.25) is 14.4 Å². The lowest BCUT2D eigenvalue weighted by molar-refractivity contribution is -0.138. The second-order valence-electron chi connectivity index (χ2n) is 6.06. The summed E-state index contributed by atoms with van der Waals surface area (Å²) in [4.78, 5) is 37.3. The number of aryl methyl sites for hydroxylation is 2. The maximum absolute atomic E-state index is 12.5. The molecule has 3 rings (SSSR count). The van der Waals surface area contributed by atoms with Crippen LogP contribution in [0.2, 0.25) is 0 Å². The third-order valence-corrected chi connectivity index (χ3v) is 4.22. The minimum absolute atomic E-state index is 0.195. The van der Waals surface area contributed by atoms with Crippen LogP contribution >= 0.6 is 0 Å². The van der Waals surface area contributed by atoms with Crippen LogP contribution in [-0.4, -0.2) is 23.4 Å². The maximum Gasteiger partial charge on any atom is 0.293 e. The molecular weight excluding hydrogens is 332 g/mol. The Morgan fingerprint density at radius 3 is 2.42 bits per heavy atom. The molecule has 0 bridgehead atoms. The van der Waals surface area contributed by atoms with E-state index in [1.54, 1.807) is 42.5 Å². The number of hydrazone groups is 1. The van der Waals surface area contributed by atoms with Gasteiger partial charge in [0.1, 0.15) is 5.84 Å². The Labute approximate surface area is 150 Å². The summed E-state index contributed by atoms with van der Waals surface area (Å²) < 4.78 is 0. The van der Waals surface area contributed by atoms with Crippen LogP contribution in [0.15, 0.2) is 53.6 Å². The van der Waals surface area contributed by atoms with Crippen molar-refractivity contribution in [2.45, 2.75) is 13.8 Å². The lowest BCUT2D eigenvalue weighted by Gasteiger charge is -2.13. The van der Waals surface area contributed by atoms with Crippen molar-refractivity contribution >= 4 is 34.8 Å². The molecule has 0 fully saturated rings. The summed E-state index contributed by atoms with van der Waals surface area (Å²) in [5.41, 5.74) is 8.76. The van der Waals surface area contributed by atoms with Gasteiger partial charge in [-0.2, -0.15) is 10.1 Å². The molecule has 132 valence electrons. The van der Waals surface area contributed by atoms with E-state index in [0.717, 1.165) is 16.1 Å². The number of carbonyl (C=O) groups is 3. The molecule has 7 nitrogen and oxygen atoms in total. The molecule has 2 amide bonds. The summed E-state index contributed by atoms with van der Waals surface area (Å²) >= 11 is 0. The molecule has 2 aromatic carbocycles. The van der Waals surface area contributed by atoms with E-state index in [9.17, 15) is 14.4 Å².